The van der Waals surface area contributed by atoms with Gasteiger partial charge in [0.2, 0.25) is 5.91 Å². The molecule has 1 saturated heterocycles. The van der Waals surface area contributed by atoms with Crippen molar-refractivity contribution in [1.82, 2.24) is 9.80 Å². The van der Waals surface area contributed by atoms with Crippen molar-refractivity contribution in [3.63, 3.8) is 0 Å². The molecule has 0 N–H and O–H groups in total. The molecule has 1 unspecified atom stereocenters. The summed E-state index contributed by atoms with van der Waals surface area (Å²) < 4.78 is 0. The summed E-state index contributed by atoms with van der Waals surface area (Å²) in [5.41, 5.74) is 0. The maximum atomic E-state index is 12.6. The van der Waals surface area contributed by atoms with Crippen molar-refractivity contribution in [2.24, 2.45) is 10.9 Å². The highest BCUT2D eigenvalue weighted by atomic mass is 16.2. The molecule has 1 saturated carbocycles. The lowest BCUT2D eigenvalue weighted by Gasteiger charge is -2.38. The van der Waals surface area contributed by atoms with Crippen molar-refractivity contribution in [3.8, 4) is 0 Å². The third kappa shape index (κ3) is 3.16. The second-order valence-electron chi connectivity index (χ2n) is 6.01. The van der Waals surface area contributed by atoms with Gasteiger partial charge in [-0.1, -0.05) is 12.8 Å². The molecule has 3 atom stereocenters. The third-order valence-corrected chi connectivity index (χ3v) is 4.77. The number of carbonyl (C=O) groups is 1. The molecule has 108 valence electrons. The molecule has 2 aliphatic rings. The van der Waals surface area contributed by atoms with Crippen LogP contribution in [0.15, 0.2) is 4.99 Å². The van der Waals surface area contributed by atoms with Crippen molar-refractivity contribution < 1.29 is 4.79 Å². The van der Waals surface area contributed by atoms with Crippen LogP contribution in [0.4, 0.5) is 0 Å². The van der Waals surface area contributed by atoms with Crippen LogP contribution >= 0.6 is 0 Å². The lowest BCUT2D eigenvalue weighted by atomic mass is 9.84. The molecule has 1 aliphatic heterocycles. The van der Waals surface area contributed by atoms with E-state index in [1.807, 2.05) is 25.2 Å². The van der Waals surface area contributed by atoms with Gasteiger partial charge in [0.05, 0.1) is 6.04 Å². The Balaban J connectivity index is 2.03. The fraction of sp³-hybridized carbons (Fsp3) is 0.867. The van der Waals surface area contributed by atoms with Crippen LogP contribution in [0.5, 0.6) is 0 Å². The lowest BCUT2D eigenvalue weighted by Crippen LogP contribution is -2.50. The SMILES string of the molecule is CN=CC1CCCC[C@@H]1N(C)C(=O)[C@@H]1CCCN1C. The van der Waals surface area contributed by atoms with Crippen LogP contribution in [0.25, 0.3) is 0 Å². The first-order valence-electron chi connectivity index (χ1n) is 7.54. The van der Waals surface area contributed by atoms with E-state index in [2.05, 4.69) is 16.9 Å². The predicted molar refractivity (Wildman–Crippen MR) is 78.6 cm³/mol. The molecule has 0 bridgehead atoms. The monoisotopic (exact) mass is 265 g/mol. The summed E-state index contributed by atoms with van der Waals surface area (Å²) in [6.45, 7) is 1.05. The van der Waals surface area contributed by atoms with E-state index in [9.17, 15) is 4.79 Å². The van der Waals surface area contributed by atoms with Crippen LogP contribution in [0.3, 0.4) is 0 Å². The summed E-state index contributed by atoms with van der Waals surface area (Å²) in [4.78, 5) is 21.0. The van der Waals surface area contributed by atoms with Gasteiger partial charge in [-0.3, -0.25) is 9.69 Å². The van der Waals surface area contributed by atoms with E-state index < -0.39 is 0 Å². The molecule has 0 aromatic carbocycles. The summed E-state index contributed by atoms with van der Waals surface area (Å²) in [6.07, 6.45) is 8.99. The highest BCUT2D eigenvalue weighted by Gasteiger charge is 2.35. The van der Waals surface area contributed by atoms with Gasteiger partial charge in [0, 0.05) is 32.3 Å². The Morgan fingerprint density at radius 1 is 1.26 bits per heavy atom. The third-order valence-electron chi connectivity index (χ3n) is 4.77. The zero-order valence-electron chi connectivity index (χ0n) is 12.5. The molecule has 1 heterocycles. The van der Waals surface area contributed by atoms with E-state index in [1.165, 1.54) is 19.3 Å². The Kier molecular flexibility index (Phi) is 4.97. The molecule has 2 rings (SSSR count). The Morgan fingerprint density at radius 3 is 2.63 bits per heavy atom. The minimum atomic E-state index is 0.103. The number of nitrogens with zero attached hydrogens (tertiary/aromatic N) is 3. The van der Waals surface area contributed by atoms with Crippen molar-refractivity contribution in [2.45, 2.75) is 50.6 Å². The number of likely N-dealkylation sites (N-methyl/N-ethyl adjacent to an activating group) is 2. The number of amides is 1. The van der Waals surface area contributed by atoms with Gasteiger partial charge in [0.1, 0.15) is 0 Å². The molecule has 4 nitrogen and oxygen atoms in total. The van der Waals surface area contributed by atoms with Crippen LogP contribution in [0, 0.1) is 5.92 Å². The van der Waals surface area contributed by atoms with Gasteiger partial charge < -0.3 is 9.89 Å². The van der Waals surface area contributed by atoms with Gasteiger partial charge >= 0.3 is 0 Å². The van der Waals surface area contributed by atoms with Gasteiger partial charge in [-0.25, -0.2) is 0 Å². The fourth-order valence-corrected chi connectivity index (χ4v) is 3.61. The first kappa shape index (κ1) is 14.5. The van der Waals surface area contributed by atoms with Gasteiger partial charge in [0.25, 0.3) is 0 Å². The number of hydrogen-bond donors (Lipinski definition) is 0. The smallest absolute Gasteiger partial charge is 0.239 e. The Morgan fingerprint density at radius 2 is 2.00 bits per heavy atom. The average Bonchev–Trinajstić information content (AvgIpc) is 2.84. The summed E-state index contributed by atoms with van der Waals surface area (Å²) >= 11 is 0. The quantitative estimate of drug-likeness (QED) is 0.730. The molecular formula is C15H27N3O. The molecule has 0 aromatic heterocycles. The van der Waals surface area contributed by atoms with E-state index in [-0.39, 0.29) is 6.04 Å². The maximum absolute atomic E-state index is 12.6. The highest BCUT2D eigenvalue weighted by Crippen LogP contribution is 2.28. The van der Waals surface area contributed by atoms with Crippen molar-refractivity contribution in [1.29, 1.82) is 0 Å². The molecular weight excluding hydrogens is 238 g/mol. The summed E-state index contributed by atoms with van der Waals surface area (Å²) in [7, 11) is 5.88. The summed E-state index contributed by atoms with van der Waals surface area (Å²) in [5.74, 6) is 0.751. The second-order valence-corrected chi connectivity index (χ2v) is 6.01. The Bertz CT molecular complexity index is 342. The molecule has 0 aromatic rings. The first-order valence-corrected chi connectivity index (χ1v) is 7.54. The van der Waals surface area contributed by atoms with Crippen molar-refractivity contribution in [2.75, 3.05) is 27.7 Å². The van der Waals surface area contributed by atoms with E-state index in [1.54, 1.807) is 0 Å². The Hall–Kier alpha value is -0.900. The van der Waals surface area contributed by atoms with Crippen molar-refractivity contribution in [3.05, 3.63) is 0 Å². The first-order chi connectivity index (χ1) is 9.15. The van der Waals surface area contributed by atoms with Crippen LogP contribution < -0.4 is 0 Å². The maximum Gasteiger partial charge on any atom is 0.239 e. The van der Waals surface area contributed by atoms with Crippen LogP contribution in [0.2, 0.25) is 0 Å². The minimum absolute atomic E-state index is 0.103. The molecule has 19 heavy (non-hydrogen) atoms. The second kappa shape index (κ2) is 6.51. The topological polar surface area (TPSA) is 35.9 Å². The Labute approximate surface area is 116 Å². The van der Waals surface area contributed by atoms with E-state index in [0.717, 1.165) is 25.8 Å². The molecule has 0 spiro atoms. The van der Waals surface area contributed by atoms with Gasteiger partial charge in [0.15, 0.2) is 0 Å². The fourth-order valence-electron chi connectivity index (χ4n) is 3.61. The molecule has 2 fully saturated rings. The molecule has 1 aliphatic carbocycles. The van der Waals surface area contributed by atoms with Gasteiger partial charge in [-0.05, 0) is 39.3 Å². The zero-order chi connectivity index (χ0) is 13.8. The van der Waals surface area contributed by atoms with E-state index in [4.69, 9.17) is 0 Å². The lowest BCUT2D eigenvalue weighted by molar-refractivity contribution is -0.137. The predicted octanol–water partition coefficient (Wildman–Crippen LogP) is 1.80. The standard InChI is InChI=1S/C15H27N3O/c1-16-11-12-7-4-5-8-13(12)18(3)15(19)14-9-6-10-17(14)2/h11-14H,4-10H2,1-3H3/t12?,13-,14-/m0/s1. The van der Waals surface area contributed by atoms with Crippen molar-refractivity contribution >= 4 is 12.1 Å². The zero-order valence-corrected chi connectivity index (χ0v) is 12.5. The number of aliphatic imine (C=N–C) groups is 1. The molecule has 1 amide bonds. The van der Waals surface area contributed by atoms with Crippen LogP contribution in [-0.4, -0.2) is 61.7 Å². The normalized spacial score (nSPS) is 32.9. The highest BCUT2D eigenvalue weighted by molar-refractivity contribution is 5.82. The summed E-state index contributed by atoms with van der Waals surface area (Å²) in [6, 6.07) is 0.449. The van der Waals surface area contributed by atoms with Gasteiger partial charge in [-0.2, -0.15) is 0 Å². The molecule has 4 heteroatoms. The largest absolute Gasteiger partial charge is 0.341 e. The molecule has 0 radical (unpaired) electrons. The van der Waals surface area contributed by atoms with E-state index >= 15 is 0 Å². The number of hydrogen-bond acceptors (Lipinski definition) is 3. The number of carbonyl (C=O) groups excluding carboxylic acids is 1. The van der Waals surface area contributed by atoms with Crippen LogP contribution in [-0.2, 0) is 4.79 Å². The summed E-state index contributed by atoms with van der Waals surface area (Å²) in [5, 5.41) is 0. The minimum Gasteiger partial charge on any atom is -0.341 e. The van der Waals surface area contributed by atoms with E-state index in [0.29, 0.717) is 17.9 Å². The average molecular weight is 265 g/mol. The number of likely N-dealkylation sites (tertiary alicyclic amines) is 1. The number of rotatable bonds is 3. The van der Waals surface area contributed by atoms with Gasteiger partial charge in [-0.15, -0.1) is 0 Å². The van der Waals surface area contributed by atoms with Crippen LogP contribution in [0.1, 0.15) is 38.5 Å².